The lowest BCUT2D eigenvalue weighted by Gasteiger charge is -2.33. The van der Waals surface area contributed by atoms with Crippen molar-refractivity contribution in [2.24, 2.45) is 5.92 Å². The number of nitrogens with zero attached hydrogens (tertiary/aromatic N) is 4. The molecule has 4 rings (SSSR count). The Morgan fingerprint density at radius 3 is 2.79 bits per heavy atom. The van der Waals surface area contributed by atoms with Crippen molar-refractivity contribution in [1.82, 2.24) is 15.1 Å². The van der Waals surface area contributed by atoms with Crippen LogP contribution < -0.4 is 10.2 Å². The van der Waals surface area contributed by atoms with Gasteiger partial charge in [-0.05, 0) is 50.8 Å². The van der Waals surface area contributed by atoms with Crippen LogP contribution >= 0.6 is 0 Å². The van der Waals surface area contributed by atoms with Crippen molar-refractivity contribution >= 4 is 28.5 Å². The molecule has 1 aliphatic heterocycles. The zero-order valence-corrected chi connectivity index (χ0v) is 16.5. The van der Waals surface area contributed by atoms with E-state index in [9.17, 15) is 4.79 Å². The minimum Gasteiger partial charge on any atom is -0.355 e. The largest absolute Gasteiger partial charge is 0.355 e. The van der Waals surface area contributed by atoms with Crippen LogP contribution in [0.4, 0.5) is 11.5 Å². The van der Waals surface area contributed by atoms with Crippen LogP contribution in [0.25, 0.3) is 11.1 Å². The summed E-state index contributed by atoms with van der Waals surface area (Å²) in [5.41, 5.74) is 3.37. The topological polar surface area (TPSA) is 84.2 Å². The Hall–Kier alpha value is -2.96. The Kier molecular flexibility index (Phi) is 4.98. The molecule has 1 aromatic carbocycles. The van der Waals surface area contributed by atoms with Gasteiger partial charge in [-0.15, -0.1) is 0 Å². The number of hydrogen-bond acceptors (Lipinski definition) is 6. The number of aryl methyl sites for hydroxylation is 3. The quantitative estimate of drug-likeness (QED) is 0.745. The molecule has 0 saturated carbocycles. The smallest absolute Gasteiger partial charge is 0.263 e. The molecular weight excluding hydrogens is 354 g/mol. The molecule has 7 nitrogen and oxygen atoms in total. The highest BCUT2D eigenvalue weighted by atomic mass is 16.5. The van der Waals surface area contributed by atoms with Crippen molar-refractivity contribution in [1.29, 1.82) is 0 Å². The molecule has 3 heterocycles. The molecule has 1 amide bonds. The van der Waals surface area contributed by atoms with Crippen LogP contribution in [-0.4, -0.2) is 34.1 Å². The minimum absolute atomic E-state index is 0.0537. The van der Waals surface area contributed by atoms with Crippen LogP contribution in [-0.2, 0) is 11.2 Å². The molecule has 0 unspecified atom stereocenters. The predicted molar refractivity (Wildman–Crippen MR) is 108 cm³/mol. The molecule has 1 aliphatic rings. The molecular formula is C21H25N5O2. The molecule has 1 saturated heterocycles. The first kappa shape index (κ1) is 18.4. The maximum atomic E-state index is 12.8. The fourth-order valence-corrected chi connectivity index (χ4v) is 3.75. The molecule has 1 N–H and O–H groups in total. The van der Waals surface area contributed by atoms with E-state index in [0.717, 1.165) is 48.4 Å². The monoisotopic (exact) mass is 379 g/mol. The van der Waals surface area contributed by atoms with E-state index in [-0.39, 0.29) is 11.8 Å². The number of benzene rings is 1. The first-order valence-corrected chi connectivity index (χ1v) is 9.80. The van der Waals surface area contributed by atoms with Crippen molar-refractivity contribution in [3.8, 4) is 0 Å². The van der Waals surface area contributed by atoms with Gasteiger partial charge < -0.3 is 14.7 Å². The minimum atomic E-state index is -0.0925. The third kappa shape index (κ3) is 3.56. The molecule has 0 radical (unpaired) electrons. The predicted octanol–water partition coefficient (Wildman–Crippen LogP) is 3.65. The molecule has 2 aromatic heterocycles. The van der Waals surface area contributed by atoms with Crippen LogP contribution in [0.3, 0.4) is 0 Å². The number of amides is 1. The molecule has 0 bridgehead atoms. The van der Waals surface area contributed by atoms with E-state index in [1.54, 1.807) is 0 Å². The van der Waals surface area contributed by atoms with Crippen molar-refractivity contribution in [3.05, 3.63) is 41.3 Å². The van der Waals surface area contributed by atoms with Crippen molar-refractivity contribution in [2.75, 3.05) is 23.3 Å². The molecule has 0 spiro atoms. The Morgan fingerprint density at radius 2 is 2.04 bits per heavy atom. The summed E-state index contributed by atoms with van der Waals surface area (Å²) in [7, 11) is 0. The van der Waals surface area contributed by atoms with Gasteiger partial charge in [0, 0.05) is 18.8 Å². The van der Waals surface area contributed by atoms with Gasteiger partial charge in [0.05, 0.1) is 11.6 Å². The van der Waals surface area contributed by atoms with Crippen LogP contribution in [0.15, 0.2) is 28.8 Å². The number of nitrogens with one attached hydrogen (secondary N) is 1. The number of aromatic nitrogens is 3. The van der Waals surface area contributed by atoms with Gasteiger partial charge in [-0.25, -0.2) is 4.98 Å². The highest BCUT2D eigenvalue weighted by Gasteiger charge is 2.29. The van der Waals surface area contributed by atoms with Gasteiger partial charge in [-0.2, -0.15) is 4.98 Å². The van der Waals surface area contributed by atoms with Crippen LogP contribution in [0.5, 0.6) is 0 Å². The zero-order chi connectivity index (χ0) is 19.7. The Labute approximate surface area is 164 Å². The second-order valence-corrected chi connectivity index (χ2v) is 7.37. The van der Waals surface area contributed by atoms with Gasteiger partial charge in [0.1, 0.15) is 17.0 Å². The van der Waals surface area contributed by atoms with Gasteiger partial charge in [-0.3, -0.25) is 4.79 Å². The fourth-order valence-electron chi connectivity index (χ4n) is 3.75. The van der Waals surface area contributed by atoms with Crippen LogP contribution in [0, 0.1) is 19.8 Å². The first-order chi connectivity index (χ1) is 13.5. The Balaban J connectivity index is 1.53. The molecule has 1 atom stereocenters. The van der Waals surface area contributed by atoms with Crippen molar-refractivity contribution in [2.45, 2.75) is 40.0 Å². The van der Waals surface area contributed by atoms with Gasteiger partial charge in [0.2, 0.25) is 5.91 Å². The van der Waals surface area contributed by atoms with E-state index in [2.05, 4.69) is 44.4 Å². The number of carbonyl (C=O) groups excluding carboxylic acids is 1. The second kappa shape index (κ2) is 7.58. The number of piperidine rings is 1. The summed E-state index contributed by atoms with van der Waals surface area (Å²) < 4.78 is 5.33. The zero-order valence-electron chi connectivity index (χ0n) is 16.5. The summed E-state index contributed by atoms with van der Waals surface area (Å²) in [6.07, 6.45) is 2.79. The average Bonchev–Trinajstić information content (AvgIpc) is 3.08. The van der Waals surface area contributed by atoms with Crippen molar-refractivity contribution < 1.29 is 9.32 Å². The summed E-state index contributed by atoms with van der Waals surface area (Å²) in [4.78, 5) is 24.0. The SMILES string of the molecule is CCc1ccc(NC(=O)[C@H]2CCCN(c3nc(C)nc4onc(C)c34)C2)cc1. The maximum Gasteiger partial charge on any atom is 0.263 e. The fraction of sp³-hybridized carbons (Fsp3) is 0.429. The maximum absolute atomic E-state index is 12.8. The summed E-state index contributed by atoms with van der Waals surface area (Å²) in [5, 5.41) is 7.93. The lowest BCUT2D eigenvalue weighted by molar-refractivity contribution is -0.120. The van der Waals surface area contributed by atoms with E-state index < -0.39 is 0 Å². The molecule has 146 valence electrons. The van der Waals surface area contributed by atoms with Crippen molar-refractivity contribution in [3.63, 3.8) is 0 Å². The number of anilines is 2. The number of hydrogen-bond donors (Lipinski definition) is 1. The summed E-state index contributed by atoms with van der Waals surface area (Å²) >= 11 is 0. The summed E-state index contributed by atoms with van der Waals surface area (Å²) in [5.74, 6) is 1.41. The van der Waals surface area contributed by atoms with E-state index >= 15 is 0 Å². The normalized spacial score (nSPS) is 17.1. The lowest BCUT2D eigenvalue weighted by atomic mass is 9.96. The third-order valence-corrected chi connectivity index (χ3v) is 5.32. The van der Waals surface area contributed by atoms with E-state index in [1.807, 2.05) is 26.0 Å². The Bertz CT molecular complexity index is 996. The number of fused-ring (bicyclic) bond motifs is 1. The molecule has 0 aliphatic carbocycles. The molecule has 28 heavy (non-hydrogen) atoms. The average molecular weight is 379 g/mol. The molecule has 7 heteroatoms. The third-order valence-electron chi connectivity index (χ3n) is 5.32. The number of carbonyl (C=O) groups is 1. The molecule has 1 fully saturated rings. The van der Waals surface area contributed by atoms with Crippen LogP contribution in [0.1, 0.15) is 36.8 Å². The van der Waals surface area contributed by atoms with E-state index in [4.69, 9.17) is 4.52 Å². The van der Waals surface area contributed by atoms with Gasteiger partial charge in [0.15, 0.2) is 0 Å². The Morgan fingerprint density at radius 1 is 1.25 bits per heavy atom. The second-order valence-electron chi connectivity index (χ2n) is 7.37. The van der Waals surface area contributed by atoms with Gasteiger partial charge in [0.25, 0.3) is 5.71 Å². The van der Waals surface area contributed by atoms with Gasteiger partial charge in [-0.1, -0.05) is 24.2 Å². The highest BCUT2D eigenvalue weighted by Crippen LogP contribution is 2.30. The standard InChI is InChI=1S/C21H25N5O2/c1-4-15-7-9-17(10-8-15)24-20(27)16-6-5-11-26(12-16)19-18-13(2)25-28-21(18)23-14(3)22-19/h7-10,16H,4-6,11-12H2,1-3H3,(H,24,27)/t16-/m0/s1. The summed E-state index contributed by atoms with van der Waals surface area (Å²) in [6.45, 7) is 7.32. The van der Waals surface area contributed by atoms with Gasteiger partial charge >= 0.3 is 0 Å². The number of rotatable bonds is 4. The summed E-state index contributed by atoms with van der Waals surface area (Å²) in [6, 6.07) is 8.04. The first-order valence-electron chi connectivity index (χ1n) is 9.80. The van der Waals surface area contributed by atoms with E-state index in [0.29, 0.717) is 18.1 Å². The molecule has 3 aromatic rings. The van der Waals surface area contributed by atoms with E-state index in [1.165, 1.54) is 5.56 Å². The lowest BCUT2D eigenvalue weighted by Crippen LogP contribution is -2.41. The van der Waals surface area contributed by atoms with Crippen LogP contribution in [0.2, 0.25) is 0 Å². The highest BCUT2D eigenvalue weighted by molar-refractivity contribution is 5.94.